The highest BCUT2D eigenvalue weighted by Crippen LogP contribution is 2.17. The molecular formula is C25H32N4O3. The van der Waals surface area contributed by atoms with E-state index in [0.717, 1.165) is 31.6 Å². The van der Waals surface area contributed by atoms with Crippen LogP contribution < -0.4 is 16.0 Å². The van der Waals surface area contributed by atoms with E-state index in [1.807, 2.05) is 18.7 Å². The lowest BCUT2D eigenvalue weighted by Crippen LogP contribution is -2.31. The minimum Gasteiger partial charge on any atom is -0.376 e. The molecule has 0 unspecified atom stereocenters. The summed E-state index contributed by atoms with van der Waals surface area (Å²) in [5.41, 5.74) is 2.50. The van der Waals surface area contributed by atoms with Gasteiger partial charge in [0.25, 0.3) is 11.8 Å². The summed E-state index contributed by atoms with van der Waals surface area (Å²) >= 11 is 0. The van der Waals surface area contributed by atoms with Gasteiger partial charge in [0.2, 0.25) is 5.91 Å². The Bertz CT molecular complexity index is 932. The van der Waals surface area contributed by atoms with Crippen molar-refractivity contribution in [2.24, 2.45) is 0 Å². The molecule has 2 aromatic rings. The SMILES string of the molecule is CC(C)NC(=O)c1ccc(NCC(=O)Nc2cccc(C(=O)N3CCCCCC3)c2)cc1. The number of nitrogens with one attached hydrogen (secondary N) is 3. The van der Waals surface area contributed by atoms with E-state index < -0.39 is 0 Å². The molecule has 0 spiro atoms. The molecule has 0 bridgehead atoms. The highest BCUT2D eigenvalue weighted by molar-refractivity contribution is 5.98. The van der Waals surface area contributed by atoms with Crippen LogP contribution in [0.3, 0.4) is 0 Å². The second kappa shape index (κ2) is 11.3. The van der Waals surface area contributed by atoms with Gasteiger partial charge in [-0.2, -0.15) is 0 Å². The van der Waals surface area contributed by atoms with Crippen molar-refractivity contribution < 1.29 is 14.4 Å². The number of hydrogen-bond donors (Lipinski definition) is 3. The smallest absolute Gasteiger partial charge is 0.253 e. The lowest BCUT2D eigenvalue weighted by atomic mass is 10.1. The Kier molecular flexibility index (Phi) is 8.25. The van der Waals surface area contributed by atoms with Gasteiger partial charge in [0.15, 0.2) is 0 Å². The van der Waals surface area contributed by atoms with Gasteiger partial charge < -0.3 is 20.9 Å². The van der Waals surface area contributed by atoms with Gasteiger partial charge in [-0.1, -0.05) is 18.9 Å². The van der Waals surface area contributed by atoms with Crippen LogP contribution in [0.25, 0.3) is 0 Å². The zero-order valence-corrected chi connectivity index (χ0v) is 18.8. The van der Waals surface area contributed by atoms with E-state index in [1.165, 1.54) is 12.8 Å². The minimum atomic E-state index is -0.217. The first-order chi connectivity index (χ1) is 15.4. The maximum atomic E-state index is 12.8. The average Bonchev–Trinajstić information content (AvgIpc) is 3.07. The molecule has 0 radical (unpaired) electrons. The summed E-state index contributed by atoms with van der Waals surface area (Å²) in [6, 6.07) is 14.1. The maximum absolute atomic E-state index is 12.8. The van der Waals surface area contributed by atoms with Crippen molar-refractivity contribution in [1.29, 1.82) is 0 Å². The molecule has 2 aromatic carbocycles. The fourth-order valence-electron chi connectivity index (χ4n) is 3.66. The zero-order chi connectivity index (χ0) is 22.9. The van der Waals surface area contributed by atoms with E-state index in [9.17, 15) is 14.4 Å². The molecule has 3 amide bonds. The number of carbonyl (C=O) groups excluding carboxylic acids is 3. The number of likely N-dealkylation sites (tertiary alicyclic amines) is 1. The molecule has 7 heteroatoms. The molecule has 170 valence electrons. The number of amides is 3. The molecule has 1 heterocycles. The first kappa shape index (κ1) is 23.3. The third kappa shape index (κ3) is 6.83. The van der Waals surface area contributed by atoms with E-state index in [0.29, 0.717) is 16.8 Å². The standard InChI is InChI=1S/C25H32N4O3/c1-18(2)27-24(31)19-10-12-21(13-11-19)26-17-23(30)28-22-9-7-8-20(16-22)25(32)29-14-5-3-4-6-15-29/h7-13,16,18,26H,3-6,14-15,17H2,1-2H3,(H,27,31)(H,28,30). The molecule has 0 aromatic heterocycles. The van der Waals surface area contributed by atoms with Crippen LogP contribution in [-0.2, 0) is 4.79 Å². The lowest BCUT2D eigenvalue weighted by Gasteiger charge is -2.20. The molecule has 3 rings (SSSR count). The van der Waals surface area contributed by atoms with E-state index in [4.69, 9.17) is 0 Å². The highest BCUT2D eigenvalue weighted by atomic mass is 16.2. The summed E-state index contributed by atoms with van der Waals surface area (Å²) in [5, 5.41) is 8.73. The van der Waals surface area contributed by atoms with Gasteiger partial charge in [-0.3, -0.25) is 14.4 Å². The third-order valence-electron chi connectivity index (χ3n) is 5.31. The van der Waals surface area contributed by atoms with Gasteiger partial charge in [0.1, 0.15) is 0 Å². The van der Waals surface area contributed by atoms with Gasteiger partial charge in [0, 0.05) is 41.6 Å². The van der Waals surface area contributed by atoms with Crippen molar-refractivity contribution >= 4 is 29.1 Å². The van der Waals surface area contributed by atoms with Crippen LogP contribution in [0.2, 0.25) is 0 Å². The molecule has 3 N–H and O–H groups in total. The van der Waals surface area contributed by atoms with Crippen LogP contribution in [0.4, 0.5) is 11.4 Å². The van der Waals surface area contributed by atoms with Gasteiger partial charge >= 0.3 is 0 Å². The molecular weight excluding hydrogens is 404 g/mol. The molecule has 1 aliphatic heterocycles. The Hall–Kier alpha value is -3.35. The fraction of sp³-hybridized carbons (Fsp3) is 0.400. The van der Waals surface area contributed by atoms with E-state index in [1.54, 1.807) is 48.5 Å². The van der Waals surface area contributed by atoms with Crippen molar-refractivity contribution in [2.75, 3.05) is 30.3 Å². The van der Waals surface area contributed by atoms with Gasteiger partial charge in [0.05, 0.1) is 6.54 Å². The van der Waals surface area contributed by atoms with E-state index >= 15 is 0 Å². The van der Waals surface area contributed by atoms with Crippen molar-refractivity contribution in [2.45, 2.75) is 45.6 Å². The molecule has 0 saturated carbocycles. The van der Waals surface area contributed by atoms with Crippen molar-refractivity contribution in [3.8, 4) is 0 Å². The van der Waals surface area contributed by atoms with Crippen molar-refractivity contribution in [3.63, 3.8) is 0 Å². The normalized spacial score (nSPS) is 13.9. The topological polar surface area (TPSA) is 90.5 Å². The van der Waals surface area contributed by atoms with Crippen LogP contribution >= 0.6 is 0 Å². The van der Waals surface area contributed by atoms with Crippen LogP contribution in [0.1, 0.15) is 60.2 Å². The Labute approximate surface area is 189 Å². The molecule has 0 atom stereocenters. The van der Waals surface area contributed by atoms with Crippen LogP contribution in [0.5, 0.6) is 0 Å². The molecule has 0 aliphatic carbocycles. The highest BCUT2D eigenvalue weighted by Gasteiger charge is 2.17. The summed E-state index contributed by atoms with van der Waals surface area (Å²) < 4.78 is 0. The van der Waals surface area contributed by atoms with Gasteiger partial charge in [-0.25, -0.2) is 0 Å². The van der Waals surface area contributed by atoms with Gasteiger partial charge in [-0.05, 0) is 69.2 Å². The predicted molar refractivity (Wildman–Crippen MR) is 127 cm³/mol. The Balaban J connectivity index is 1.52. The molecule has 1 saturated heterocycles. The van der Waals surface area contributed by atoms with Crippen LogP contribution in [0.15, 0.2) is 48.5 Å². The summed E-state index contributed by atoms with van der Waals surface area (Å²) in [6.07, 6.45) is 4.41. The monoisotopic (exact) mass is 436 g/mol. The first-order valence-corrected chi connectivity index (χ1v) is 11.3. The molecule has 1 fully saturated rings. The second-order valence-corrected chi connectivity index (χ2v) is 8.39. The number of benzene rings is 2. The average molecular weight is 437 g/mol. The number of hydrogen-bond acceptors (Lipinski definition) is 4. The molecule has 1 aliphatic rings. The van der Waals surface area contributed by atoms with Crippen LogP contribution in [0, 0.1) is 0 Å². The lowest BCUT2D eigenvalue weighted by molar-refractivity contribution is -0.114. The summed E-state index contributed by atoms with van der Waals surface area (Å²) in [5.74, 6) is -0.326. The Morgan fingerprint density at radius 1 is 0.875 bits per heavy atom. The van der Waals surface area contributed by atoms with Crippen LogP contribution in [-0.4, -0.2) is 48.3 Å². The second-order valence-electron chi connectivity index (χ2n) is 8.39. The summed E-state index contributed by atoms with van der Waals surface area (Å²) in [4.78, 5) is 39.1. The fourth-order valence-corrected chi connectivity index (χ4v) is 3.66. The summed E-state index contributed by atoms with van der Waals surface area (Å²) in [6.45, 7) is 5.47. The Morgan fingerprint density at radius 3 is 2.22 bits per heavy atom. The molecule has 7 nitrogen and oxygen atoms in total. The van der Waals surface area contributed by atoms with Crippen molar-refractivity contribution in [1.82, 2.24) is 10.2 Å². The largest absolute Gasteiger partial charge is 0.376 e. The van der Waals surface area contributed by atoms with Crippen molar-refractivity contribution in [3.05, 3.63) is 59.7 Å². The number of anilines is 2. The van der Waals surface area contributed by atoms with E-state index in [2.05, 4.69) is 16.0 Å². The summed E-state index contributed by atoms with van der Waals surface area (Å²) in [7, 11) is 0. The van der Waals surface area contributed by atoms with E-state index in [-0.39, 0.29) is 30.3 Å². The number of nitrogens with zero attached hydrogens (tertiary/aromatic N) is 1. The third-order valence-corrected chi connectivity index (χ3v) is 5.31. The Morgan fingerprint density at radius 2 is 1.56 bits per heavy atom. The predicted octanol–water partition coefficient (Wildman–Crippen LogP) is 3.89. The minimum absolute atomic E-state index is 0.0164. The maximum Gasteiger partial charge on any atom is 0.253 e. The first-order valence-electron chi connectivity index (χ1n) is 11.3. The van der Waals surface area contributed by atoms with Gasteiger partial charge in [-0.15, -0.1) is 0 Å². The quantitative estimate of drug-likeness (QED) is 0.614. The molecule has 32 heavy (non-hydrogen) atoms. The number of rotatable bonds is 7. The zero-order valence-electron chi connectivity index (χ0n) is 18.8. The number of carbonyl (C=O) groups is 3.